The molecule has 1 aliphatic heterocycles. The van der Waals surface area contributed by atoms with Gasteiger partial charge in [-0.05, 0) is 36.6 Å². The summed E-state index contributed by atoms with van der Waals surface area (Å²) in [5.74, 6) is -0.793. The molecule has 142 valence electrons. The number of nitro benzene ring substituents is 1. The molecule has 0 bridgehead atoms. The van der Waals surface area contributed by atoms with Gasteiger partial charge < -0.3 is 4.90 Å². The first-order valence-corrected chi connectivity index (χ1v) is 10.4. The van der Waals surface area contributed by atoms with E-state index in [0.29, 0.717) is 18.7 Å². The number of hydrogen-bond acceptors (Lipinski definition) is 5. The van der Waals surface area contributed by atoms with Crippen LogP contribution in [0.5, 0.6) is 0 Å². The molecule has 1 amide bonds. The molecule has 2 aromatic rings. The summed E-state index contributed by atoms with van der Waals surface area (Å²) in [5.41, 5.74) is -0.141. The maximum absolute atomic E-state index is 12.8. The van der Waals surface area contributed by atoms with Crippen molar-refractivity contribution in [3.63, 3.8) is 0 Å². The van der Waals surface area contributed by atoms with Crippen molar-refractivity contribution in [2.75, 3.05) is 13.1 Å². The van der Waals surface area contributed by atoms with Crippen LogP contribution in [0.2, 0.25) is 5.02 Å². The van der Waals surface area contributed by atoms with Gasteiger partial charge in [-0.3, -0.25) is 14.9 Å². The van der Waals surface area contributed by atoms with Crippen LogP contribution in [0.3, 0.4) is 0 Å². The molecule has 0 atom stereocenters. The third-order valence-corrected chi connectivity index (χ3v) is 6.51. The van der Waals surface area contributed by atoms with Crippen LogP contribution in [0.1, 0.15) is 28.8 Å². The monoisotopic (exact) mass is 408 g/mol. The molecule has 0 aromatic heterocycles. The molecule has 1 aliphatic rings. The summed E-state index contributed by atoms with van der Waals surface area (Å²) in [6, 6.07) is 9.92. The number of nitrogens with zero attached hydrogens (tertiary/aromatic N) is 2. The highest BCUT2D eigenvalue weighted by Gasteiger charge is 2.29. The van der Waals surface area contributed by atoms with E-state index < -0.39 is 31.1 Å². The topological polar surface area (TPSA) is 97.6 Å². The Hall–Kier alpha value is -2.45. The maximum atomic E-state index is 12.8. The van der Waals surface area contributed by atoms with Gasteiger partial charge in [0, 0.05) is 29.7 Å². The predicted molar refractivity (Wildman–Crippen MR) is 101 cm³/mol. The van der Waals surface area contributed by atoms with E-state index in [1.54, 1.807) is 29.2 Å². The zero-order valence-electron chi connectivity index (χ0n) is 14.3. The fraction of sp³-hybridized carbons (Fsp3) is 0.278. The van der Waals surface area contributed by atoms with E-state index >= 15 is 0 Å². The second-order valence-electron chi connectivity index (χ2n) is 6.29. The smallest absolute Gasteiger partial charge is 0.288 e. The van der Waals surface area contributed by atoms with Crippen LogP contribution in [0, 0.1) is 10.1 Å². The Morgan fingerprint density at radius 1 is 1.15 bits per heavy atom. The van der Waals surface area contributed by atoms with Crippen molar-refractivity contribution in [2.24, 2.45) is 0 Å². The third-order valence-electron chi connectivity index (χ3n) is 4.43. The number of carbonyl (C=O) groups excluding carboxylic acids is 1. The minimum atomic E-state index is -4.02. The Morgan fingerprint density at radius 2 is 1.81 bits per heavy atom. The van der Waals surface area contributed by atoms with Crippen LogP contribution in [0.15, 0.2) is 47.4 Å². The average Bonchev–Trinajstić information content (AvgIpc) is 3.17. The van der Waals surface area contributed by atoms with Crippen molar-refractivity contribution in [1.29, 1.82) is 0 Å². The molecule has 0 N–H and O–H groups in total. The van der Waals surface area contributed by atoms with E-state index in [2.05, 4.69) is 0 Å². The molecule has 0 spiro atoms. The molecular weight excluding hydrogens is 392 g/mol. The summed E-state index contributed by atoms with van der Waals surface area (Å²) in [7, 11) is -4.02. The molecule has 1 saturated heterocycles. The molecule has 0 radical (unpaired) electrons. The lowest BCUT2D eigenvalue weighted by Gasteiger charge is -2.15. The molecular formula is C18H17ClN2O5S. The summed E-state index contributed by atoms with van der Waals surface area (Å²) in [6.45, 7) is 1.19. The Morgan fingerprint density at radius 3 is 2.44 bits per heavy atom. The van der Waals surface area contributed by atoms with Crippen LogP contribution in [0.25, 0.3) is 0 Å². The number of likely N-dealkylation sites (tertiary alicyclic amines) is 1. The Labute approximate surface area is 161 Å². The van der Waals surface area contributed by atoms with E-state index in [0.717, 1.165) is 25.0 Å². The third kappa shape index (κ3) is 4.12. The van der Waals surface area contributed by atoms with E-state index in [1.807, 2.05) is 0 Å². The molecule has 3 rings (SSSR count). The fourth-order valence-corrected chi connectivity index (χ4v) is 4.88. The van der Waals surface area contributed by atoms with Gasteiger partial charge in [-0.2, -0.15) is 0 Å². The number of benzene rings is 2. The number of sulfone groups is 1. The highest BCUT2D eigenvalue weighted by Crippen LogP contribution is 2.30. The first-order valence-electron chi connectivity index (χ1n) is 8.33. The molecule has 1 heterocycles. The van der Waals surface area contributed by atoms with Gasteiger partial charge in [0.1, 0.15) is 4.90 Å². The molecule has 7 nitrogen and oxygen atoms in total. The standard InChI is InChI=1S/C18H17ClN2O5S/c19-15-6-2-1-5-14(15)12-27(25,26)17-8-7-13(11-16(17)21(23)24)18(22)20-9-3-4-10-20/h1-2,5-8,11H,3-4,9-10,12H2. The van der Waals surface area contributed by atoms with Crippen LogP contribution in [-0.2, 0) is 15.6 Å². The average molecular weight is 409 g/mol. The number of carbonyl (C=O) groups is 1. The lowest BCUT2D eigenvalue weighted by atomic mass is 10.2. The maximum Gasteiger partial charge on any atom is 0.288 e. The second-order valence-corrected chi connectivity index (χ2v) is 8.65. The molecule has 27 heavy (non-hydrogen) atoms. The molecule has 0 saturated carbocycles. The minimum absolute atomic E-state index is 0.111. The number of hydrogen-bond donors (Lipinski definition) is 0. The molecule has 1 fully saturated rings. The van der Waals surface area contributed by atoms with Crippen LogP contribution >= 0.6 is 11.6 Å². The largest absolute Gasteiger partial charge is 0.339 e. The van der Waals surface area contributed by atoms with Crippen molar-refractivity contribution in [2.45, 2.75) is 23.5 Å². The van der Waals surface area contributed by atoms with E-state index in [-0.39, 0.29) is 16.5 Å². The van der Waals surface area contributed by atoms with Gasteiger partial charge in [-0.25, -0.2) is 8.42 Å². The molecule has 0 unspecified atom stereocenters. The summed E-state index contributed by atoms with van der Waals surface area (Å²) in [6.07, 6.45) is 1.77. The summed E-state index contributed by atoms with van der Waals surface area (Å²) in [4.78, 5) is 24.3. The lowest BCUT2D eigenvalue weighted by Crippen LogP contribution is -2.27. The molecule has 2 aromatic carbocycles. The Bertz CT molecular complexity index is 1000. The van der Waals surface area contributed by atoms with Crippen molar-refractivity contribution in [1.82, 2.24) is 4.90 Å². The number of nitro groups is 1. The predicted octanol–water partition coefficient (Wildman–Crippen LogP) is 3.46. The first kappa shape index (κ1) is 19.3. The number of halogens is 1. The van der Waals surface area contributed by atoms with E-state index in [1.165, 1.54) is 6.07 Å². The highest BCUT2D eigenvalue weighted by atomic mass is 35.5. The number of amides is 1. The highest BCUT2D eigenvalue weighted by molar-refractivity contribution is 7.90. The zero-order chi connectivity index (χ0) is 19.6. The van der Waals surface area contributed by atoms with Gasteiger partial charge in [0.15, 0.2) is 9.84 Å². The second kappa shape index (κ2) is 7.66. The summed E-state index contributed by atoms with van der Waals surface area (Å²) < 4.78 is 25.5. The van der Waals surface area contributed by atoms with E-state index in [9.17, 15) is 23.3 Å². The first-order chi connectivity index (χ1) is 12.8. The normalized spacial score (nSPS) is 14.3. The lowest BCUT2D eigenvalue weighted by molar-refractivity contribution is -0.387. The number of rotatable bonds is 5. The van der Waals surface area contributed by atoms with Crippen molar-refractivity contribution >= 4 is 33.0 Å². The van der Waals surface area contributed by atoms with Gasteiger partial charge in [0.2, 0.25) is 0 Å². The SMILES string of the molecule is O=C(c1ccc(S(=O)(=O)Cc2ccccc2Cl)c([N+](=O)[O-])c1)N1CCCC1. The summed E-state index contributed by atoms with van der Waals surface area (Å²) >= 11 is 6.01. The van der Waals surface area contributed by atoms with Crippen molar-refractivity contribution < 1.29 is 18.1 Å². The van der Waals surface area contributed by atoms with Gasteiger partial charge in [-0.1, -0.05) is 29.8 Å². The van der Waals surface area contributed by atoms with E-state index in [4.69, 9.17) is 11.6 Å². The van der Waals surface area contributed by atoms with Crippen LogP contribution < -0.4 is 0 Å². The van der Waals surface area contributed by atoms with Crippen LogP contribution in [0.4, 0.5) is 5.69 Å². The van der Waals surface area contributed by atoms with Gasteiger partial charge >= 0.3 is 0 Å². The molecule has 9 heteroatoms. The minimum Gasteiger partial charge on any atom is -0.339 e. The van der Waals surface area contributed by atoms with Crippen molar-refractivity contribution in [3.8, 4) is 0 Å². The Balaban J connectivity index is 1.98. The van der Waals surface area contributed by atoms with Gasteiger partial charge in [0.05, 0.1) is 10.7 Å². The van der Waals surface area contributed by atoms with Crippen molar-refractivity contribution in [3.05, 3.63) is 68.7 Å². The van der Waals surface area contributed by atoms with Gasteiger partial charge in [0.25, 0.3) is 11.6 Å². The zero-order valence-corrected chi connectivity index (χ0v) is 15.9. The summed E-state index contributed by atoms with van der Waals surface area (Å²) in [5, 5.41) is 11.7. The van der Waals surface area contributed by atoms with Crippen LogP contribution in [-0.4, -0.2) is 37.2 Å². The quantitative estimate of drug-likeness (QED) is 0.557. The van der Waals surface area contributed by atoms with Gasteiger partial charge in [-0.15, -0.1) is 0 Å². The fourth-order valence-electron chi connectivity index (χ4n) is 3.06. The molecule has 0 aliphatic carbocycles. The Kier molecular flexibility index (Phi) is 5.48.